The highest BCUT2D eigenvalue weighted by Crippen LogP contribution is 2.53. The Labute approximate surface area is 274 Å². The molecule has 0 aliphatic heterocycles. The van der Waals surface area contributed by atoms with Gasteiger partial charge < -0.3 is 0 Å². The van der Waals surface area contributed by atoms with E-state index in [1.807, 2.05) is 42.7 Å². The van der Waals surface area contributed by atoms with Gasteiger partial charge in [0.1, 0.15) is 0 Å². The topological polar surface area (TPSA) is 38.7 Å². The zero-order valence-corrected chi connectivity index (χ0v) is 26.3. The molecule has 1 aliphatic rings. The summed E-state index contributed by atoms with van der Waals surface area (Å²) in [6.07, 6.45) is 3.67. The van der Waals surface area contributed by atoms with Crippen LogP contribution in [0.4, 0.5) is 0 Å². The van der Waals surface area contributed by atoms with Gasteiger partial charge in [0.25, 0.3) is 0 Å². The maximum Gasteiger partial charge on any atom is 0.160 e. The molecule has 222 valence electrons. The fourth-order valence-corrected chi connectivity index (χ4v) is 7.26. The van der Waals surface area contributed by atoms with E-state index >= 15 is 0 Å². The zero-order valence-electron chi connectivity index (χ0n) is 26.3. The van der Waals surface area contributed by atoms with E-state index in [1.54, 1.807) is 0 Å². The van der Waals surface area contributed by atoms with Crippen LogP contribution in [-0.2, 0) is 5.41 Å². The third kappa shape index (κ3) is 4.54. The molecular weight excluding hydrogens is 571 g/mol. The highest BCUT2D eigenvalue weighted by Gasteiger charge is 2.37. The van der Waals surface area contributed by atoms with Gasteiger partial charge in [-0.3, -0.25) is 4.98 Å². The van der Waals surface area contributed by atoms with Gasteiger partial charge >= 0.3 is 0 Å². The summed E-state index contributed by atoms with van der Waals surface area (Å²) in [7, 11) is 0. The van der Waals surface area contributed by atoms with Crippen molar-refractivity contribution in [2.24, 2.45) is 0 Å². The van der Waals surface area contributed by atoms with E-state index in [4.69, 9.17) is 9.97 Å². The van der Waals surface area contributed by atoms with Crippen LogP contribution in [0.25, 0.3) is 77.7 Å². The minimum Gasteiger partial charge on any atom is -0.265 e. The van der Waals surface area contributed by atoms with E-state index in [9.17, 15) is 0 Å². The third-order valence-electron chi connectivity index (χ3n) is 9.75. The molecule has 0 fully saturated rings. The Morgan fingerprint density at radius 2 is 1.09 bits per heavy atom. The molecule has 6 aromatic carbocycles. The first kappa shape index (κ1) is 27.4. The first-order valence-corrected chi connectivity index (χ1v) is 16.1. The average Bonchev–Trinajstić information content (AvgIpc) is 3.36. The van der Waals surface area contributed by atoms with Crippen molar-refractivity contribution in [3.05, 3.63) is 163 Å². The second-order valence-corrected chi connectivity index (χ2v) is 12.9. The van der Waals surface area contributed by atoms with Crippen LogP contribution >= 0.6 is 0 Å². The molecule has 0 N–H and O–H groups in total. The lowest BCUT2D eigenvalue weighted by molar-refractivity contribution is 0.661. The Balaban J connectivity index is 1.23. The molecule has 0 unspecified atom stereocenters. The van der Waals surface area contributed by atoms with Crippen LogP contribution in [0, 0.1) is 0 Å². The largest absolute Gasteiger partial charge is 0.265 e. The van der Waals surface area contributed by atoms with Gasteiger partial charge in [0.05, 0.1) is 11.4 Å². The smallest absolute Gasteiger partial charge is 0.160 e. The monoisotopic (exact) mass is 601 g/mol. The molecule has 9 rings (SSSR count). The summed E-state index contributed by atoms with van der Waals surface area (Å²) in [5.74, 6) is 0.722. The van der Waals surface area contributed by atoms with E-state index in [-0.39, 0.29) is 5.41 Å². The second kappa shape index (κ2) is 10.6. The van der Waals surface area contributed by atoms with E-state index in [2.05, 4.69) is 128 Å². The standard InChI is InChI=1S/C44H31N3/c1-44(2)38-14-8-13-36(42(38)37-25-30-11-6-7-12-31(30)26-39(37)44)41-27-40(46-43(47-41)29-9-4-3-5-10-29)35-18-17-33-23-32(15-16-34(33)24-35)28-19-21-45-22-20-28/h3-27H,1-2H3. The number of fused-ring (bicyclic) bond motifs is 5. The number of benzene rings is 6. The highest BCUT2D eigenvalue weighted by atomic mass is 14.9. The molecule has 0 radical (unpaired) electrons. The van der Waals surface area contributed by atoms with Crippen LogP contribution in [-0.4, -0.2) is 15.0 Å². The van der Waals surface area contributed by atoms with Crippen molar-refractivity contribution in [1.29, 1.82) is 0 Å². The van der Waals surface area contributed by atoms with Crippen molar-refractivity contribution in [1.82, 2.24) is 15.0 Å². The number of rotatable bonds is 4. The zero-order chi connectivity index (χ0) is 31.5. The fourth-order valence-electron chi connectivity index (χ4n) is 7.26. The Kier molecular flexibility index (Phi) is 6.16. The van der Waals surface area contributed by atoms with Gasteiger partial charge in [0, 0.05) is 34.5 Å². The maximum absolute atomic E-state index is 5.25. The van der Waals surface area contributed by atoms with Gasteiger partial charge in [0.15, 0.2) is 5.82 Å². The van der Waals surface area contributed by atoms with Crippen LogP contribution in [0.5, 0.6) is 0 Å². The summed E-state index contributed by atoms with van der Waals surface area (Å²) in [4.78, 5) is 14.6. The molecule has 8 aromatic rings. The van der Waals surface area contributed by atoms with E-state index in [1.165, 1.54) is 49.4 Å². The van der Waals surface area contributed by atoms with Gasteiger partial charge in [0.2, 0.25) is 0 Å². The van der Waals surface area contributed by atoms with E-state index in [0.29, 0.717) is 0 Å². The van der Waals surface area contributed by atoms with E-state index in [0.717, 1.165) is 39.5 Å². The Bertz CT molecular complexity index is 2480. The molecule has 0 bridgehead atoms. The summed E-state index contributed by atoms with van der Waals surface area (Å²) in [6.45, 7) is 4.68. The van der Waals surface area contributed by atoms with Crippen LogP contribution in [0.2, 0.25) is 0 Å². The molecule has 0 spiro atoms. The average molecular weight is 602 g/mol. The molecule has 0 amide bonds. The van der Waals surface area contributed by atoms with Gasteiger partial charge in [-0.1, -0.05) is 111 Å². The summed E-state index contributed by atoms with van der Waals surface area (Å²) >= 11 is 0. The van der Waals surface area contributed by atoms with Crippen LogP contribution < -0.4 is 0 Å². The lowest BCUT2D eigenvalue weighted by atomic mass is 9.81. The minimum absolute atomic E-state index is 0.129. The molecule has 0 atom stereocenters. The molecule has 2 heterocycles. The van der Waals surface area contributed by atoms with Gasteiger partial charge in [-0.15, -0.1) is 0 Å². The molecule has 47 heavy (non-hydrogen) atoms. The second-order valence-electron chi connectivity index (χ2n) is 12.9. The molecule has 3 heteroatoms. The number of aromatic nitrogens is 3. The van der Waals surface area contributed by atoms with Crippen molar-refractivity contribution in [2.75, 3.05) is 0 Å². The molecular formula is C44H31N3. The summed E-state index contributed by atoms with van der Waals surface area (Å²) in [6, 6.07) is 49.9. The number of pyridine rings is 1. The number of nitrogens with zero attached hydrogens (tertiary/aromatic N) is 3. The Hall–Kier alpha value is -5.93. The predicted molar refractivity (Wildman–Crippen MR) is 194 cm³/mol. The number of hydrogen-bond donors (Lipinski definition) is 0. The normalized spacial score (nSPS) is 13.1. The first-order chi connectivity index (χ1) is 23.0. The SMILES string of the molecule is CC1(C)c2cc3ccccc3cc2-c2c(-c3cc(-c4ccc5cc(-c6ccncc6)ccc5c4)nc(-c4ccccc4)n3)cccc21. The van der Waals surface area contributed by atoms with Gasteiger partial charge in [-0.2, -0.15) is 0 Å². The summed E-state index contributed by atoms with van der Waals surface area (Å²) in [5, 5.41) is 4.88. The lowest BCUT2D eigenvalue weighted by Crippen LogP contribution is -2.14. The third-order valence-corrected chi connectivity index (χ3v) is 9.75. The molecule has 3 nitrogen and oxygen atoms in total. The summed E-state index contributed by atoms with van der Waals surface area (Å²) < 4.78 is 0. The molecule has 0 saturated carbocycles. The molecule has 1 aliphatic carbocycles. The van der Waals surface area contributed by atoms with Gasteiger partial charge in [-0.25, -0.2) is 9.97 Å². The quantitative estimate of drug-likeness (QED) is 0.201. The van der Waals surface area contributed by atoms with E-state index < -0.39 is 0 Å². The van der Waals surface area contributed by atoms with Gasteiger partial charge in [-0.05, 0) is 97.4 Å². The Morgan fingerprint density at radius 1 is 0.426 bits per heavy atom. The van der Waals surface area contributed by atoms with Crippen molar-refractivity contribution in [2.45, 2.75) is 19.3 Å². The fraction of sp³-hybridized carbons (Fsp3) is 0.0682. The first-order valence-electron chi connectivity index (χ1n) is 16.1. The summed E-state index contributed by atoms with van der Waals surface area (Å²) in [5.41, 5.74) is 12.5. The van der Waals surface area contributed by atoms with Crippen molar-refractivity contribution in [3.63, 3.8) is 0 Å². The van der Waals surface area contributed by atoms with Crippen LogP contribution in [0.15, 0.2) is 152 Å². The van der Waals surface area contributed by atoms with Crippen molar-refractivity contribution < 1.29 is 0 Å². The molecule has 2 aromatic heterocycles. The van der Waals surface area contributed by atoms with Crippen molar-refractivity contribution in [3.8, 4) is 56.2 Å². The van der Waals surface area contributed by atoms with Crippen LogP contribution in [0.1, 0.15) is 25.0 Å². The number of hydrogen-bond acceptors (Lipinski definition) is 3. The predicted octanol–water partition coefficient (Wildman–Crippen LogP) is 11.2. The van der Waals surface area contributed by atoms with Crippen LogP contribution in [0.3, 0.4) is 0 Å². The maximum atomic E-state index is 5.25. The highest BCUT2D eigenvalue weighted by molar-refractivity contribution is 5.99. The Morgan fingerprint density at radius 3 is 1.87 bits per heavy atom. The van der Waals surface area contributed by atoms with Crippen molar-refractivity contribution >= 4 is 21.5 Å². The molecule has 0 saturated heterocycles. The lowest BCUT2D eigenvalue weighted by Gasteiger charge is -2.22. The minimum atomic E-state index is -0.129.